The summed E-state index contributed by atoms with van der Waals surface area (Å²) in [7, 11) is 0. The number of benzene rings is 1. The predicted molar refractivity (Wildman–Crippen MR) is 81.5 cm³/mol. The van der Waals surface area contributed by atoms with Crippen LogP contribution in [-0.2, 0) is 9.53 Å². The van der Waals surface area contributed by atoms with Crippen molar-refractivity contribution >= 4 is 45.1 Å². The molecule has 1 aromatic carbocycles. The van der Waals surface area contributed by atoms with E-state index in [-0.39, 0.29) is 0 Å². The second-order valence-corrected chi connectivity index (χ2v) is 5.46. The van der Waals surface area contributed by atoms with Gasteiger partial charge in [-0.3, -0.25) is 4.79 Å². The van der Waals surface area contributed by atoms with E-state index in [1.165, 1.54) is 12.3 Å². The van der Waals surface area contributed by atoms with Crippen molar-refractivity contribution in [3.63, 3.8) is 0 Å². The van der Waals surface area contributed by atoms with Gasteiger partial charge in [-0.25, -0.2) is 4.79 Å². The minimum atomic E-state index is -0.613. The van der Waals surface area contributed by atoms with Gasteiger partial charge in [0.1, 0.15) is 11.3 Å². The van der Waals surface area contributed by atoms with Gasteiger partial charge in [0.05, 0.1) is 17.0 Å². The smallest absolute Gasteiger partial charge is 0.342 e. The van der Waals surface area contributed by atoms with Gasteiger partial charge in [0, 0.05) is 4.47 Å². The summed E-state index contributed by atoms with van der Waals surface area (Å²) < 4.78 is 10.7. The summed E-state index contributed by atoms with van der Waals surface area (Å²) in [6, 6.07) is 6.52. The molecular weight excluding hydrogens is 362 g/mol. The largest absolute Gasteiger partial charge is 0.469 e. The van der Waals surface area contributed by atoms with Crippen molar-refractivity contribution in [3.05, 3.63) is 51.3 Å². The van der Waals surface area contributed by atoms with Gasteiger partial charge in [-0.15, -0.1) is 0 Å². The molecule has 1 amide bonds. The lowest BCUT2D eigenvalue weighted by Gasteiger charge is -2.08. The van der Waals surface area contributed by atoms with E-state index < -0.39 is 18.5 Å². The van der Waals surface area contributed by atoms with E-state index in [1.807, 2.05) is 0 Å². The minimum Gasteiger partial charge on any atom is -0.469 e. The third kappa shape index (κ3) is 4.09. The Morgan fingerprint density at radius 2 is 2.14 bits per heavy atom. The zero-order valence-corrected chi connectivity index (χ0v) is 13.3. The fourth-order valence-electron chi connectivity index (χ4n) is 1.58. The number of hydrogen-bond donors (Lipinski definition) is 1. The molecule has 0 unspecified atom stereocenters. The number of carbonyl (C=O) groups is 2. The molecule has 7 heteroatoms. The van der Waals surface area contributed by atoms with Crippen molar-refractivity contribution in [2.75, 3.05) is 11.9 Å². The number of anilines is 1. The van der Waals surface area contributed by atoms with Crippen LogP contribution >= 0.6 is 27.5 Å². The molecule has 0 spiro atoms. The van der Waals surface area contributed by atoms with Crippen molar-refractivity contribution < 1.29 is 18.7 Å². The maximum Gasteiger partial charge on any atom is 0.342 e. The van der Waals surface area contributed by atoms with Gasteiger partial charge in [-0.05, 0) is 31.2 Å². The average Bonchev–Trinajstić information content (AvgIpc) is 2.85. The standard InChI is InChI=1S/C14H11BrClNO4/c1-8-10(4-5-20-8)14(19)21-7-13(18)17-12-3-2-9(15)6-11(12)16/h2-6H,7H2,1H3,(H,17,18). The molecule has 2 aromatic rings. The van der Waals surface area contributed by atoms with Crippen molar-refractivity contribution in [3.8, 4) is 0 Å². The molecule has 2 rings (SSSR count). The number of ether oxygens (including phenoxy) is 1. The van der Waals surface area contributed by atoms with Gasteiger partial charge in [-0.1, -0.05) is 27.5 Å². The van der Waals surface area contributed by atoms with Crippen LogP contribution in [0, 0.1) is 6.92 Å². The fraction of sp³-hybridized carbons (Fsp3) is 0.143. The Bertz CT molecular complexity index is 683. The highest BCUT2D eigenvalue weighted by Crippen LogP contribution is 2.25. The van der Waals surface area contributed by atoms with Gasteiger partial charge in [0.15, 0.2) is 6.61 Å². The highest BCUT2D eigenvalue weighted by Gasteiger charge is 2.15. The zero-order valence-electron chi connectivity index (χ0n) is 11.0. The molecule has 0 bridgehead atoms. The summed E-state index contributed by atoms with van der Waals surface area (Å²) in [5, 5.41) is 2.94. The van der Waals surface area contributed by atoms with Crippen LogP contribution in [-0.4, -0.2) is 18.5 Å². The third-order valence-corrected chi connectivity index (χ3v) is 3.42. The van der Waals surface area contributed by atoms with Crippen LogP contribution in [0.5, 0.6) is 0 Å². The molecule has 0 aliphatic heterocycles. The molecule has 0 fully saturated rings. The summed E-state index contributed by atoms with van der Waals surface area (Å²) in [6.07, 6.45) is 1.38. The predicted octanol–water partition coefficient (Wildman–Crippen LogP) is 3.80. The molecule has 1 aromatic heterocycles. The van der Waals surface area contributed by atoms with Crippen LogP contribution in [0.4, 0.5) is 5.69 Å². The molecule has 1 heterocycles. The Morgan fingerprint density at radius 3 is 2.76 bits per heavy atom. The Morgan fingerprint density at radius 1 is 1.38 bits per heavy atom. The van der Waals surface area contributed by atoms with Crippen LogP contribution in [0.25, 0.3) is 0 Å². The molecule has 1 N–H and O–H groups in total. The highest BCUT2D eigenvalue weighted by molar-refractivity contribution is 9.10. The van der Waals surface area contributed by atoms with E-state index in [0.29, 0.717) is 22.0 Å². The van der Waals surface area contributed by atoms with E-state index >= 15 is 0 Å². The highest BCUT2D eigenvalue weighted by atomic mass is 79.9. The van der Waals surface area contributed by atoms with Gasteiger partial charge >= 0.3 is 5.97 Å². The first kappa shape index (κ1) is 15.6. The summed E-state index contributed by atoms with van der Waals surface area (Å²) in [5.41, 5.74) is 0.741. The summed E-state index contributed by atoms with van der Waals surface area (Å²) in [4.78, 5) is 23.4. The lowest BCUT2D eigenvalue weighted by molar-refractivity contribution is -0.119. The van der Waals surface area contributed by atoms with Crippen LogP contribution in [0.2, 0.25) is 5.02 Å². The average molecular weight is 373 g/mol. The molecule has 0 aliphatic rings. The SMILES string of the molecule is Cc1occc1C(=O)OCC(=O)Nc1ccc(Br)cc1Cl. The maximum absolute atomic E-state index is 11.7. The second-order valence-electron chi connectivity index (χ2n) is 4.14. The number of nitrogens with one attached hydrogen (secondary N) is 1. The first-order valence-electron chi connectivity index (χ1n) is 5.93. The van der Waals surface area contributed by atoms with Crippen molar-refractivity contribution in [2.24, 2.45) is 0 Å². The van der Waals surface area contributed by atoms with Gasteiger partial charge in [0.25, 0.3) is 5.91 Å². The molecule has 0 aliphatic carbocycles. The first-order chi connectivity index (χ1) is 9.97. The zero-order chi connectivity index (χ0) is 15.4. The van der Waals surface area contributed by atoms with Crippen LogP contribution < -0.4 is 5.32 Å². The molecule has 0 saturated carbocycles. The van der Waals surface area contributed by atoms with Crippen LogP contribution in [0.15, 0.2) is 39.4 Å². The summed E-state index contributed by atoms with van der Waals surface area (Å²) >= 11 is 9.24. The minimum absolute atomic E-state index is 0.296. The maximum atomic E-state index is 11.7. The normalized spacial score (nSPS) is 10.2. The molecule has 21 heavy (non-hydrogen) atoms. The number of aryl methyl sites for hydroxylation is 1. The number of halogens is 2. The Balaban J connectivity index is 1.90. The van der Waals surface area contributed by atoms with Crippen molar-refractivity contribution in [2.45, 2.75) is 6.92 Å². The number of rotatable bonds is 4. The number of carbonyl (C=O) groups excluding carboxylic acids is 2. The van der Waals surface area contributed by atoms with E-state index in [1.54, 1.807) is 25.1 Å². The molecule has 110 valence electrons. The van der Waals surface area contributed by atoms with Gasteiger partial charge in [-0.2, -0.15) is 0 Å². The van der Waals surface area contributed by atoms with Crippen LogP contribution in [0.3, 0.4) is 0 Å². The number of furan rings is 1. The molecule has 0 atom stereocenters. The summed E-state index contributed by atoms with van der Waals surface area (Å²) in [5.74, 6) is -0.650. The number of hydrogen-bond acceptors (Lipinski definition) is 4. The quantitative estimate of drug-likeness (QED) is 0.829. The molecule has 0 saturated heterocycles. The number of amides is 1. The fourth-order valence-corrected chi connectivity index (χ4v) is 2.30. The molecule has 0 radical (unpaired) electrons. The Hall–Kier alpha value is -1.79. The van der Waals surface area contributed by atoms with E-state index in [9.17, 15) is 9.59 Å². The van der Waals surface area contributed by atoms with Gasteiger partial charge in [0.2, 0.25) is 0 Å². The lowest BCUT2D eigenvalue weighted by Crippen LogP contribution is -2.21. The summed E-state index contributed by atoms with van der Waals surface area (Å²) in [6.45, 7) is 1.23. The monoisotopic (exact) mass is 371 g/mol. The third-order valence-electron chi connectivity index (χ3n) is 2.62. The first-order valence-corrected chi connectivity index (χ1v) is 7.10. The molecular formula is C14H11BrClNO4. The van der Waals surface area contributed by atoms with E-state index in [0.717, 1.165) is 4.47 Å². The van der Waals surface area contributed by atoms with Crippen molar-refractivity contribution in [1.82, 2.24) is 0 Å². The Labute approximate surface area is 134 Å². The second kappa shape index (κ2) is 6.78. The lowest BCUT2D eigenvalue weighted by atomic mass is 10.3. The van der Waals surface area contributed by atoms with Gasteiger partial charge < -0.3 is 14.5 Å². The van der Waals surface area contributed by atoms with Crippen LogP contribution in [0.1, 0.15) is 16.1 Å². The Kier molecular flexibility index (Phi) is 5.03. The number of esters is 1. The topological polar surface area (TPSA) is 68.5 Å². The van der Waals surface area contributed by atoms with E-state index in [4.69, 9.17) is 20.8 Å². The molecule has 5 nitrogen and oxygen atoms in total. The van der Waals surface area contributed by atoms with E-state index in [2.05, 4.69) is 21.2 Å². The van der Waals surface area contributed by atoms with Crippen molar-refractivity contribution in [1.29, 1.82) is 0 Å².